The molecule has 0 aliphatic rings. The first-order valence-corrected chi connectivity index (χ1v) is 7.46. The first-order chi connectivity index (χ1) is 9.20. The molecule has 0 saturated carbocycles. The van der Waals surface area contributed by atoms with E-state index in [1.165, 1.54) is 0 Å². The van der Waals surface area contributed by atoms with Gasteiger partial charge in [-0.25, -0.2) is 0 Å². The monoisotopic (exact) mass is 291 g/mol. The topological polar surface area (TPSA) is 53.1 Å². The van der Waals surface area contributed by atoms with Crippen molar-refractivity contribution >= 4 is 28.5 Å². The molecule has 0 spiro atoms. The van der Waals surface area contributed by atoms with E-state index in [0.717, 1.165) is 26.8 Å². The normalized spacial score (nSPS) is 10.8. The molecule has 3 aromatic rings. The van der Waals surface area contributed by atoms with Crippen LogP contribution in [0.25, 0.3) is 21.0 Å². The molecule has 2 N–H and O–H groups in total. The van der Waals surface area contributed by atoms with Gasteiger partial charge in [0.15, 0.2) is 0 Å². The number of methoxy groups -OCH3 is 1. The molecule has 0 aliphatic heterocycles. The van der Waals surface area contributed by atoms with Gasteiger partial charge in [-0.1, -0.05) is 6.07 Å². The van der Waals surface area contributed by atoms with Gasteiger partial charge in [0.05, 0.1) is 17.6 Å². The first-order valence-electron chi connectivity index (χ1n) is 5.70. The predicted octanol–water partition coefficient (Wildman–Crippen LogP) is 3.47. The fourth-order valence-electron chi connectivity index (χ4n) is 1.92. The van der Waals surface area contributed by atoms with Gasteiger partial charge in [0.2, 0.25) is 0 Å². The molecule has 3 aromatic heterocycles. The summed E-state index contributed by atoms with van der Waals surface area (Å²) in [5, 5.41) is 8.55. The van der Waals surface area contributed by atoms with E-state index in [1.807, 2.05) is 29.9 Å². The maximum Gasteiger partial charge on any atom is 0.130 e. The highest BCUT2D eigenvalue weighted by atomic mass is 32.1. The Morgan fingerprint density at radius 1 is 1.32 bits per heavy atom. The van der Waals surface area contributed by atoms with Gasteiger partial charge < -0.3 is 10.5 Å². The number of rotatable bonds is 3. The molecule has 0 atom stereocenters. The van der Waals surface area contributed by atoms with Crippen molar-refractivity contribution in [1.82, 2.24) is 9.78 Å². The Hall–Kier alpha value is -1.79. The summed E-state index contributed by atoms with van der Waals surface area (Å²) in [5.74, 6) is 1.53. The summed E-state index contributed by atoms with van der Waals surface area (Å²) < 4.78 is 6.95. The maximum atomic E-state index is 6.15. The van der Waals surface area contributed by atoms with Crippen molar-refractivity contribution in [1.29, 1.82) is 0 Å². The van der Waals surface area contributed by atoms with Crippen LogP contribution >= 0.6 is 22.7 Å². The number of hydrogen-bond acceptors (Lipinski definition) is 5. The van der Waals surface area contributed by atoms with Gasteiger partial charge in [0.25, 0.3) is 0 Å². The smallest absolute Gasteiger partial charge is 0.130 e. The highest BCUT2D eigenvalue weighted by molar-refractivity contribution is 7.14. The minimum atomic E-state index is 0.685. The zero-order valence-electron chi connectivity index (χ0n) is 10.6. The summed E-state index contributed by atoms with van der Waals surface area (Å²) in [4.78, 5) is 2.19. The third-order valence-corrected chi connectivity index (χ3v) is 4.71. The molecule has 0 bridgehead atoms. The fourth-order valence-corrected chi connectivity index (χ4v) is 3.55. The van der Waals surface area contributed by atoms with Crippen LogP contribution in [0, 0.1) is 0 Å². The number of nitrogens with two attached hydrogens (primary N) is 1. The largest absolute Gasteiger partial charge is 0.496 e. The van der Waals surface area contributed by atoms with Crippen LogP contribution in [0.3, 0.4) is 0 Å². The van der Waals surface area contributed by atoms with Crippen LogP contribution in [0.2, 0.25) is 0 Å². The van der Waals surface area contributed by atoms with Gasteiger partial charge in [-0.15, -0.1) is 22.7 Å². The summed E-state index contributed by atoms with van der Waals surface area (Å²) in [6.45, 7) is 0. The molecule has 3 heterocycles. The van der Waals surface area contributed by atoms with Crippen molar-refractivity contribution in [3.63, 3.8) is 0 Å². The van der Waals surface area contributed by atoms with Crippen molar-refractivity contribution < 1.29 is 4.74 Å². The zero-order valence-corrected chi connectivity index (χ0v) is 12.2. The summed E-state index contributed by atoms with van der Waals surface area (Å²) in [5.41, 5.74) is 8.07. The SMILES string of the molecule is COc1csc(-c2nn(C)c(N)c2-c2cccs2)c1. The van der Waals surface area contributed by atoms with Gasteiger partial charge in [-0.05, 0) is 11.4 Å². The standard InChI is InChI=1S/C13H13N3OS2/c1-16-13(14)11(9-4-3-5-18-9)12(15-16)10-6-8(17-2)7-19-10/h3-7H,14H2,1-2H3. The molecule has 6 heteroatoms. The number of aromatic nitrogens is 2. The third kappa shape index (κ3) is 2.02. The summed E-state index contributed by atoms with van der Waals surface area (Å²) in [6, 6.07) is 6.07. The van der Waals surface area contributed by atoms with Crippen LogP contribution in [0.15, 0.2) is 29.0 Å². The van der Waals surface area contributed by atoms with E-state index in [1.54, 1.807) is 34.5 Å². The quantitative estimate of drug-likeness (QED) is 0.804. The van der Waals surface area contributed by atoms with Gasteiger partial charge in [0, 0.05) is 23.4 Å². The van der Waals surface area contributed by atoms with E-state index in [-0.39, 0.29) is 0 Å². The first kappa shape index (κ1) is 12.3. The van der Waals surface area contributed by atoms with E-state index < -0.39 is 0 Å². The van der Waals surface area contributed by atoms with Gasteiger partial charge >= 0.3 is 0 Å². The van der Waals surface area contributed by atoms with Crippen molar-refractivity contribution in [3.8, 4) is 26.8 Å². The molecule has 0 radical (unpaired) electrons. The summed E-state index contributed by atoms with van der Waals surface area (Å²) in [7, 11) is 3.53. The molecule has 0 saturated heterocycles. The van der Waals surface area contributed by atoms with Crippen molar-refractivity contribution in [2.24, 2.45) is 7.05 Å². The molecule has 0 amide bonds. The average Bonchev–Trinajstić information content (AvgIpc) is 3.11. The lowest BCUT2D eigenvalue weighted by atomic mass is 10.1. The molecule has 0 unspecified atom stereocenters. The Kier molecular flexibility index (Phi) is 3.04. The van der Waals surface area contributed by atoms with E-state index in [2.05, 4.69) is 11.2 Å². The van der Waals surface area contributed by atoms with Gasteiger partial charge in [0.1, 0.15) is 17.3 Å². The van der Waals surface area contributed by atoms with Crippen LogP contribution < -0.4 is 10.5 Å². The van der Waals surface area contributed by atoms with Crippen molar-refractivity contribution in [3.05, 3.63) is 29.0 Å². The summed E-state index contributed by atoms with van der Waals surface area (Å²) >= 11 is 3.27. The predicted molar refractivity (Wildman–Crippen MR) is 80.8 cm³/mol. The van der Waals surface area contributed by atoms with E-state index >= 15 is 0 Å². The van der Waals surface area contributed by atoms with Crippen molar-refractivity contribution in [2.45, 2.75) is 0 Å². The van der Waals surface area contributed by atoms with E-state index in [9.17, 15) is 0 Å². The van der Waals surface area contributed by atoms with Gasteiger partial charge in [-0.2, -0.15) is 5.10 Å². The highest BCUT2D eigenvalue weighted by Crippen LogP contribution is 2.41. The minimum absolute atomic E-state index is 0.685. The van der Waals surface area contributed by atoms with Gasteiger partial charge in [-0.3, -0.25) is 4.68 Å². The second kappa shape index (κ2) is 4.71. The lowest BCUT2D eigenvalue weighted by Crippen LogP contribution is -1.97. The van der Waals surface area contributed by atoms with Crippen LogP contribution in [0.1, 0.15) is 0 Å². The number of thiophene rings is 2. The Morgan fingerprint density at radius 2 is 2.16 bits per heavy atom. The Bertz CT molecular complexity index is 698. The lowest BCUT2D eigenvalue weighted by Gasteiger charge is -1.99. The molecule has 4 nitrogen and oxygen atoms in total. The number of ether oxygens (including phenoxy) is 1. The molecular weight excluding hydrogens is 278 g/mol. The van der Waals surface area contributed by atoms with Crippen LogP contribution in [0.4, 0.5) is 5.82 Å². The molecule has 3 rings (SSSR count). The zero-order chi connectivity index (χ0) is 13.4. The lowest BCUT2D eigenvalue weighted by molar-refractivity contribution is 0.417. The molecular formula is C13H13N3OS2. The Morgan fingerprint density at radius 3 is 2.79 bits per heavy atom. The number of anilines is 1. The molecule has 0 fully saturated rings. The fraction of sp³-hybridized carbons (Fsp3) is 0.154. The number of hydrogen-bond donors (Lipinski definition) is 1. The second-order valence-corrected chi connectivity index (χ2v) is 5.92. The van der Waals surface area contributed by atoms with E-state index in [0.29, 0.717) is 5.82 Å². The number of aryl methyl sites for hydroxylation is 1. The Balaban J connectivity index is 2.19. The van der Waals surface area contributed by atoms with Crippen LogP contribution in [-0.2, 0) is 7.05 Å². The van der Waals surface area contributed by atoms with Crippen molar-refractivity contribution in [2.75, 3.05) is 12.8 Å². The number of nitrogens with zero attached hydrogens (tertiary/aromatic N) is 2. The average molecular weight is 291 g/mol. The third-order valence-electron chi connectivity index (χ3n) is 2.90. The highest BCUT2D eigenvalue weighted by Gasteiger charge is 2.19. The molecule has 19 heavy (non-hydrogen) atoms. The van der Waals surface area contributed by atoms with Crippen LogP contribution in [-0.4, -0.2) is 16.9 Å². The van der Waals surface area contributed by atoms with Crippen LogP contribution in [0.5, 0.6) is 5.75 Å². The maximum absolute atomic E-state index is 6.15. The van der Waals surface area contributed by atoms with E-state index in [4.69, 9.17) is 10.5 Å². The molecule has 98 valence electrons. The molecule has 0 aliphatic carbocycles. The summed E-state index contributed by atoms with van der Waals surface area (Å²) in [6.07, 6.45) is 0. The number of nitrogen functional groups attached to an aromatic ring is 1. The molecule has 0 aromatic carbocycles. The Labute approximate surface area is 119 Å². The second-order valence-electron chi connectivity index (χ2n) is 4.06. The minimum Gasteiger partial charge on any atom is -0.496 e.